The molecule has 20 heavy (non-hydrogen) atoms. The molecule has 0 aliphatic carbocycles. The van der Waals surface area contributed by atoms with Crippen LogP contribution in [0.2, 0.25) is 5.02 Å². The average molecular weight is 358 g/mol. The fraction of sp³-hybridized carbons (Fsp3) is 0.250. The van der Waals surface area contributed by atoms with E-state index < -0.39 is 11.9 Å². The highest BCUT2D eigenvalue weighted by Gasteiger charge is 2.18. The van der Waals surface area contributed by atoms with Crippen molar-refractivity contribution in [2.45, 2.75) is 25.9 Å². The van der Waals surface area contributed by atoms with Crippen LogP contribution >= 0.6 is 27.5 Å². The van der Waals surface area contributed by atoms with Crippen LogP contribution in [0.5, 0.6) is 0 Å². The molecule has 1 unspecified atom stereocenters. The van der Waals surface area contributed by atoms with Crippen LogP contribution < -0.4 is 0 Å². The summed E-state index contributed by atoms with van der Waals surface area (Å²) >= 11 is 9.01. The molecular weight excluding hydrogens is 343 g/mol. The van der Waals surface area contributed by atoms with Gasteiger partial charge in [0.2, 0.25) is 0 Å². The van der Waals surface area contributed by atoms with Crippen LogP contribution in [-0.2, 0) is 0 Å². The van der Waals surface area contributed by atoms with Gasteiger partial charge in [-0.3, -0.25) is 0 Å². The maximum absolute atomic E-state index is 14.1. The summed E-state index contributed by atoms with van der Waals surface area (Å²) in [6.45, 7) is 4.19. The zero-order chi connectivity index (χ0) is 14.9. The lowest BCUT2D eigenvalue weighted by atomic mass is 9.97. The van der Waals surface area contributed by atoms with Gasteiger partial charge in [-0.1, -0.05) is 55.8 Å². The Morgan fingerprint density at radius 1 is 1.05 bits per heavy atom. The minimum atomic E-state index is -1.03. The van der Waals surface area contributed by atoms with Crippen molar-refractivity contribution in [2.24, 2.45) is 0 Å². The molecule has 0 fully saturated rings. The summed E-state index contributed by atoms with van der Waals surface area (Å²) in [5, 5.41) is 10.3. The highest BCUT2D eigenvalue weighted by molar-refractivity contribution is 9.10. The lowest BCUT2D eigenvalue weighted by molar-refractivity contribution is 0.215. The number of aliphatic hydroxyl groups is 1. The van der Waals surface area contributed by atoms with E-state index in [4.69, 9.17) is 11.6 Å². The predicted molar refractivity (Wildman–Crippen MR) is 83.7 cm³/mol. The minimum absolute atomic E-state index is 0.0136. The fourth-order valence-electron chi connectivity index (χ4n) is 1.99. The van der Waals surface area contributed by atoms with Crippen molar-refractivity contribution in [3.8, 4) is 0 Å². The largest absolute Gasteiger partial charge is 0.384 e. The fourth-order valence-corrected chi connectivity index (χ4v) is 2.47. The zero-order valence-corrected chi connectivity index (χ0v) is 13.5. The maximum Gasteiger partial charge on any atom is 0.149 e. The SMILES string of the molecule is CC(C)c1ccc(C(O)c2ccc(Br)c(Cl)c2F)cc1. The summed E-state index contributed by atoms with van der Waals surface area (Å²) in [5.41, 5.74) is 2.00. The number of halogens is 3. The molecule has 1 N–H and O–H groups in total. The molecule has 1 nitrogen and oxygen atoms in total. The summed E-state index contributed by atoms with van der Waals surface area (Å²) < 4.78 is 14.6. The molecule has 2 rings (SSSR count). The molecule has 0 aliphatic rings. The van der Waals surface area contributed by atoms with E-state index in [1.54, 1.807) is 6.07 Å². The first-order valence-electron chi connectivity index (χ1n) is 6.33. The molecule has 0 aliphatic heterocycles. The van der Waals surface area contributed by atoms with Crippen LogP contribution in [0.15, 0.2) is 40.9 Å². The normalized spacial score (nSPS) is 12.8. The van der Waals surface area contributed by atoms with Gasteiger partial charge in [-0.15, -0.1) is 0 Å². The Hall–Kier alpha value is -0.900. The monoisotopic (exact) mass is 356 g/mol. The second-order valence-corrected chi connectivity index (χ2v) is 6.22. The van der Waals surface area contributed by atoms with Gasteiger partial charge in [0, 0.05) is 10.0 Å². The Bertz CT molecular complexity index is 611. The summed E-state index contributed by atoms with van der Waals surface area (Å²) in [6.07, 6.45) is -1.03. The molecule has 0 heterocycles. The van der Waals surface area contributed by atoms with Crippen molar-refractivity contribution >= 4 is 27.5 Å². The van der Waals surface area contributed by atoms with E-state index in [1.807, 2.05) is 24.3 Å². The number of rotatable bonds is 3. The molecule has 0 saturated heterocycles. The standard InChI is InChI=1S/C16H15BrClFO/c1-9(2)10-3-5-11(6-4-10)16(20)12-7-8-13(17)14(18)15(12)19/h3-9,16,20H,1-2H3. The Balaban J connectivity index is 2.36. The van der Waals surface area contributed by atoms with Crippen molar-refractivity contribution in [1.82, 2.24) is 0 Å². The van der Waals surface area contributed by atoms with E-state index >= 15 is 0 Å². The third-order valence-electron chi connectivity index (χ3n) is 3.28. The lowest BCUT2D eigenvalue weighted by Crippen LogP contribution is -2.03. The Kier molecular flexibility index (Phi) is 4.84. The summed E-state index contributed by atoms with van der Waals surface area (Å²) in [4.78, 5) is 0. The number of aliphatic hydroxyl groups excluding tert-OH is 1. The van der Waals surface area contributed by atoms with Gasteiger partial charge in [-0.2, -0.15) is 0 Å². The molecular formula is C16H15BrClFO. The molecule has 4 heteroatoms. The van der Waals surface area contributed by atoms with Crippen molar-refractivity contribution in [3.05, 3.63) is 68.4 Å². The molecule has 0 saturated carbocycles. The minimum Gasteiger partial charge on any atom is -0.384 e. The molecule has 2 aromatic carbocycles. The maximum atomic E-state index is 14.1. The summed E-state index contributed by atoms with van der Waals surface area (Å²) in [7, 11) is 0. The van der Waals surface area contributed by atoms with Gasteiger partial charge >= 0.3 is 0 Å². The average Bonchev–Trinajstić information content (AvgIpc) is 2.44. The lowest BCUT2D eigenvalue weighted by Gasteiger charge is -2.15. The van der Waals surface area contributed by atoms with Gasteiger partial charge in [0.25, 0.3) is 0 Å². The van der Waals surface area contributed by atoms with Gasteiger partial charge in [0.05, 0.1) is 5.02 Å². The van der Waals surface area contributed by atoms with E-state index in [0.717, 1.165) is 0 Å². The second-order valence-electron chi connectivity index (χ2n) is 4.99. The molecule has 106 valence electrons. The number of hydrogen-bond acceptors (Lipinski definition) is 1. The van der Waals surface area contributed by atoms with Crippen LogP contribution in [0.1, 0.15) is 42.6 Å². The highest BCUT2D eigenvalue weighted by Crippen LogP contribution is 2.33. The summed E-state index contributed by atoms with van der Waals surface area (Å²) in [5.74, 6) is -0.179. The van der Waals surface area contributed by atoms with E-state index in [0.29, 0.717) is 16.0 Å². The smallest absolute Gasteiger partial charge is 0.149 e. The van der Waals surface area contributed by atoms with E-state index in [2.05, 4.69) is 29.8 Å². The first-order valence-corrected chi connectivity index (χ1v) is 7.50. The summed E-state index contributed by atoms with van der Waals surface area (Å²) in [6, 6.07) is 10.7. The second kappa shape index (κ2) is 6.25. The number of benzene rings is 2. The Labute approximate surface area is 131 Å². The molecule has 1 atom stereocenters. The van der Waals surface area contributed by atoms with Crippen LogP contribution in [0.3, 0.4) is 0 Å². The van der Waals surface area contributed by atoms with Crippen LogP contribution in [0, 0.1) is 5.82 Å². The van der Waals surface area contributed by atoms with Gasteiger partial charge in [0.15, 0.2) is 0 Å². The highest BCUT2D eigenvalue weighted by atomic mass is 79.9. The van der Waals surface area contributed by atoms with Gasteiger partial charge in [-0.25, -0.2) is 4.39 Å². The molecule has 0 bridgehead atoms. The van der Waals surface area contributed by atoms with E-state index in [1.165, 1.54) is 11.6 Å². The number of hydrogen-bond donors (Lipinski definition) is 1. The molecule has 2 aromatic rings. The van der Waals surface area contributed by atoms with Crippen molar-refractivity contribution < 1.29 is 9.50 Å². The molecule has 0 radical (unpaired) electrons. The van der Waals surface area contributed by atoms with Crippen molar-refractivity contribution in [2.75, 3.05) is 0 Å². The van der Waals surface area contributed by atoms with Gasteiger partial charge in [0.1, 0.15) is 11.9 Å². The Morgan fingerprint density at radius 2 is 1.60 bits per heavy atom. The van der Waals surface area contributed by atoms with Crippen LogP contribution in [0.25, 0.3) is 0 Å². The molecule has 0 spiro atoms. The quantitative estimate of drug-likeness (QED) is 0.725. The first kappa shape index (κ1) is 15.5. The van der Waals surface area contributed by atoms with E-state index in [-0.39, 0.29) is 10.6 Å². The van der Waals surface area contributed by atoms with Crippen LogP contribution in [-0.4, -0.2) is 5.11 Å². The van der Waals surface area contributed by atoms with E-state index in [9.17, 15) is 9.50 Å². The molecule has 0 aromatic heterocycles. The Morgan fingerprint density at radius 3 is 2.15 bits per heavy atom. The first-order chi connectivity index (χ1) is 9.41. The third-order valence-corrected chi connectivity index (χ3v) is 4.54. The van der Waals surface area contributed by atoms with Crippen molar-refractivity contribution in [1.29, 1.82) is 0 Å². The van der Waals surface area contributed by atoms with Crippen molar-refractivity contribution in [3.63, 3.8) is 0 Å². The topological polar surface area (TPSA) is 20.2 Å². The molecule has 0 amide bonds. The van der Waals surface area contributed by atoms with Gasteiger partial charge in [-0.05, 0) is 39.0 Å². The van der Waals surface area contributed by atoms with Gasteiger partial charge < -0.3 is 5.11 Å². The third kappa shape index (κ3) is 3.05. The zero-order valence-electron chi connectivity index (χ0n) is 11.2. The predicted octanol–water partition coefficient (Wildman–Crippen LogP) is 5.45. The van der Waals surface area contributed by atoms with Crippen LogP contribution in [0.4, 0.5) is 4.39 Å².